The van der Waals surface area contributed by atoms with Gasteiger partial charge < -0.3 is 10.6 Å². The first kappa shape index (κ1) is 13.1. The van der Waals surface area contributed by atoms with E-state index in [1.54, 1.807) is 0 Å². The molecule has 0 amide bonds. The SMILES string of the molecule is CC1CCN(C(N)=NCCC(F)(F)F)CC1. The fourth-order valence-corrected chi connectivity index (χ4v) is 1.63. The molecule has 0 aliphatic carbocycles. The molecule has 0 bridgehead atoms. The number of halogens is 3. The van der Waals surface area contributed by atoms with Crippen molar-refractivity contribution in [3.63, 3.8) is 0 Å². The molecule has 6 heteroatoms. The molecule has 2 N–H and O–H groups in total. The van der Waals surface area contributed by atoms with E-state index in [0.29, 0.717) is 5.92 Å². The normalized spacial score (nSPS) is 20.2. The van der Waals surface area contributed by atoms with E-state index in [1.807, 2.05) is 4.90 Å². The topological polar surface area (TPSA) is 41.6 Å². The van der Waals surface area contributed by atoms with Crippen LogP contribution in [0.1, 0.15) is 26.2 Å². The van der Waals surface area contributed by atoms with Crippen LogP contribution in [0.15, 0.2) is 4.99 Å². The zero-order chi connectivity index (χ0) is 12.2. The molecule has 0 aromatic rings. The van der Waals surface area contributed by atoms with Crippen LogP contribution in [0.2, 0.25) is 0 Å². The summed E-state index contributed by atoms with van der Waals surface area (Å²) in [4.78, 5) is 5.62. The van der Waals surface area contributed by atoms with Crippen LogP contribution in [-0.4, -0.2) is 36.7 Å². The zero-order valence-electron chi connectivity index (χ0n) is 9.43. The van der Waals surface area contributed by atoms with Gasteiger partial charge >= 0.3 is 6.18 Å². The summed E-state index contributed by atoms with van der Waals surface area (Å²) in [5.41, 5.74) is 5.63. The standard InChI is InChI=1S/C10H18F3N3/c1-8-2-6-16(7-3-8)9(14)15-5-4-10(11,12)13/h8H,2-7H2,1H3,(H2,14,15). The summed E-state index contributed by atoms with van der Waals surface area (Å²) in [6.07, 6.45) is -3.01. The first-order chi connectivity index (χ1) is 7.38. The summed E-state index contributed by atoms with van der Waals surface area (Å²) in [5.74, 6) is 0.912. The van der Waals surface area contributed by atoms with Crippen molar-refractivity contribution < 1.29 is 13.2 Å². The van der Waals surface area contributed by atoms with E-state index in [-0.39, 0.29) is 12.5 Å². The summed E-state index contributed by atoms with van der Waals surface area (Å²) in [7, 11) is 0. The molecule has 0 atom stereocenters. The van der Waals surface area contributed by atoms with Gasteiger partial charge in [-0.05, 0) is 18.8 Å². The number of rotatable bonds is 2. The number of nitrogens with two attached hydrogens (primary N) is 1. The Balaban J connectivity index is 2.33. The van der Waals surface area contributed by atoms with Gasteiger partial charge in [0.25, 0.3) is 0 Å². The number of hydrogen-bond donors (Lipinski definition) is 1. The van der Waals surface area contributed by atoms with Crippen LogP contribution in [0.3, 0.4) is 0 Å². The van der Waals surface area contributed by atoms with Crippen molar-refractivity contribution >= 4 is 5.96 Å². The first-order valence-corrected chi connectivity index (χ1v) is 5.50. The van der Waals surface area contributed by atoms with Crippen molar-refractivity contribution in [3.8, 4) is 0 Å². The largest absolute Gasteiger partial charge is 0.390 e. The van der Waals surface area contributed by atoms with Crippen LogP contribution >= 0.6 is 0 Å². The van der Waals surface area contributed by atoms with Crippen LogP contribution in [0, 0.1) is 5.92 Å². The third-order valence-electron chi connectivity index (χ3n) is 2.78. The lowest BCUT2D eigenvalue weighted by Gasteiger charge is -2.31. The molecule has 1 aliphatic heterocycles. The lowest BCUT2D eigenvalue weighted by Crippen LogP contribution is -2.42. The summed E-state index contributed by atoms with van der Waals surface area (Å²) >= 11 is 0. The predicted molar refractivity (Wildman–Crippen MR) is 57.1 cm³/mol. The number of likely N-dealkylation sites (tertiary alicyclic amines) is 1. The average Bonchev–Trinajstić information content (AvgIpc) is 2.16. The quantitative estimate of drug-likeness (QED) is 0.589. The molecule has 1 fully saturated rings. The maximum atomic E-state index is 11.9. The van der Waals surface area contributed by atoms with Crippen molar-refractivity contribution in [2.75, 3.05) is 19.6 Å². The van der Waals surface area contributed by atoms with E-state index in [1.165, 1.54) is 0 Å². The third kappa shape index (κ3) is 4.72. The van der Waals surface area contributed by atoms with E-state index < -0.39 is 12.6 Å². The minimum Gasteiger partial charge on any atom is -0.370 e. The second-order valence-electron chi connectivity index (χ2n) is 4.27. The molecule has 1 aliphatic rings. The fraction of sp³-hybridized carbons (Fsp3) is 0.900. The van der Waals surface area contributed by atoms with Crippen LogP contribution in [-0.2, 0) is 0 Å². The molecule has 0 spiro atoms. The number of alkyl halides is 3. The molecule has 0 saturated carbocycles. The van der Waals surface area contributed by atoms with Gasteiger partial charge in [0.05, 0.1) is 13.0 Å². The zero-order valence-corrected chi connectivity index (χ0v) is 9.43. The van der Waals surface area contributed by atoms with Gasteiger partial charge in [-0.2, -0.15) is 13.2 Å². The third-order valence-corrected chi connectivity index (χ3v) is 2.78. The van der Waals surface area contributed by atoms with Crippen LogP contribution in [0.25, 0.3) is 0 Å². The van der Waals surface area contributed by atoms with E-state index in [0.717, 1.165) is 25.9 Å². The van der Waals surface area contributed by atoms with Gasteiger partial charge in [-0.3, -0.25) is 4.99 Å². The summed E-state index contributed by atoms with van der Waals surface area (Å²) in [5, 5.41) is 0. The maximum absolute atomic E-state index is 11.9. The second-order valence-corrected chi connectivity index (χ2v) is 4.27. The lowest BCUT2D eigenvalue weighted by atomic mass is 10.00. The number of aliphatic imine (C=N–C) groups is 1. The highest BCUT2D eigenvalue weighted by molar-refractivity contribution is 5.78. The summed E-state index contributed by atoms with van der Waals surface area (Å²) in [6.45, 7) is 3.47. The molecule has 3 nitrogen and oxygen atoms in total. The molecular weight excluding hydrogens is 219 g/mol. The first-order valence-electron chi connectivity index (χ1n) is 5.50. The molecule has 0 aromatic carbocycles. The van der Waals surface area contributed by atoms with E-state index >= 15 is 0 Å². The molecule has 1 heterocycles. The van der Waals surface area contributed by atoms with Gasteiger partial charge in [0.1, 0.15) is 0 Å². The van der Waals surface area contributed by atoms with Gasteiger partial charge in [-0.25, -0.2) is 0 Å². The molecule has 94 valence electrons. The Kier molecular flexibility index (Phi) is 4.44. The van der Waals surface area contributed by atoms with Gasteiger partial charge in [-0.15, -0.1) is 0 Å². The fourth-order valence-electron chi connectivity index (χ4n) is 1.63. The predicted octanol–water partition coefficient (Wildman–Crippen LogP) is 1.99. The number of piperidine rings is 1. The molecule has 16 heavy (non-hydrogen) atoms. The number of hydrogen-bond acceptors (Lipinski definition) is 1. The summed E-state index contributed by atoms with van der Waals surface area (Å²) < 4.78 is 35.6. The second kappa shape index (κ2) is 5.41. The molecular formula is C10H18F3N3. The number of nitrogens with zero attached hydrogens (tertiary/aromatic N) is 2. The van der Waals surface area contributed by atoms with E-state index in [2.05, 4.69) is 11.9 Å². The molecule has 1 rings (SSSR count). The van der Waals surface area contributed by atoms with Crippen molar-refractivity contribution in [2.45, 2.75) is 32.4 Å². The Labute approximate surface area is 93.5 Å². The van der Waals surface area contributed by atoms with Gasteiger partial charge in [-0.1, -0.05) is 6.92 Å². The Morgan fingerprint density at radius 1 is 1.38 bits per heavy atom. The van der Waals surface area contributed by atoms with Crippen LogP contribution in [0.5, 0.6) is 0 Å². The highest BCUT2D eigenvalue weighted by Crippen LogP contribution is 2.19. The monoisotopic (exact) mass is 237 g/mol. The van der Waals surface area contributed by atoms with Crippen molar-refractivity contribution in [1.29, 1.82) is 0 Å². The average molecular weight is 237 g/mol. The Hall–Kier alpha value is -0.940. The highest BCUT2D eigenvalue weighted by Gasteiger charge is 2.26. The maximum Gasteiger partial charge on any atom is 0.390 e. The van der Waals surface area contributed by atoms with Crippen molar-refractivity contribution in [2.24, 2.45) is 16.6 Å². The minimum atomic E-state index is -4.15. The summed E-state index contributed by atoms with van der Waals surface area (Å²) in [6, 6.07) is 0. The molecule has 0 aromatic heterocycles. The van der Waals surface area contributed by atoms with Crippen LogP contribution in [0.4, 0.5) is 13.2 Å². The Morgan fingerprint density at radius 3 is 2.44 bits per heavy atom. The number of guanidine groups is 1. The van der Waals surface area contributed by atoms with Crippen molar-refractivity contribution in [3.05, 3.63) is 0 Å². The molecule has 0 radical (unpaired) electrons. The molecule has 1 saturated heterocycles. The Bertz CT molecular complexity index is 242. The molecule has 0 unspecified atom stereocenters. The highest BCUT2D eigenvalue weighted by atomic mass is 19.4. The van der Waals surface area contributed by atoms with E-state index in [9.17, 15) is 13.2 Å². The smallest absolute Gasteiger partial charge is 0.370 e. The van der Waals surface area contributed by atoms with Gasteiger partial charge in [0.2, 0.25) is 0 Å². The van der Waals surface area contributed by atoms with Crippen molar-refractivity contribution in [1.82, 2.24) is 4.90 Å². The van der Waals surface area contributed by atoms with Gasteiger partial charge in [0, 0.05) is 13.1 Å². The lowest BCUT2D eigenvalue weighted by molar-refractivity contribution is -0.132. The van der Waals surface area contributed by atoms with E-state index in [4.69, 9.17) is 5.73 Å². The van der Waals surface area contributed by atoms with Gasteiger partial charge in [0.15, 0.2) is 5.96 Å². The van der Waals surface area contributed by atoms with Crippen LogP contribution < -0.4 is 5.73 Å². The minimum absolute atomic E-state index is 0.246. The Morgan fingerprint density at radius 2 is 1.94 bits per heavy atom.